The van der Waals surface area contributed by atoms with Crippen molar-refractivity contribution < 1.29 is 4.79 Å². The van der Waals surface area contributed by atoms with Gasteiger partial charge in [-0.05, 0) is 6.07 Å². The molecule has 0 atom stereocenters. The standard InChI is InChI=1S/C8H7N3OS/c1-9-7(12)6-2-5-3-10-4-11-8(5)13-6/h2-4H,1H3,(H,9,12). The number of fused-ring (bicyclic) bond motifs is 1. The second-order valence-electron chi connectivity index (χ2n) is 2.47. The van der Waals surface area contributed by atoms with Gasteiger partial charge in [0.15, 0.2) is 0 Å². The molecule has 66 valence electrons. The molecule has 0 radical (unpaired) electrons. The lowest BCUT2D eigenvalue weighted by atomic mass is 10.3. The highest BCUT2D eigenvalue weighted by Gasteiger charge is 2.08. The summed E-state index contributed by atoms with van der Waals surface area (Å²) in [4.78, 5) is 20.7. The van der Waals surface area contributed by atoms with Crippen LogP contribution in [0.2, 0.25) is 0 Å². The van der Waals surface area contributed by atoms with Crippen LogP contribution in [0, 0.1) is 0 Å². The van der Waals surface area contributed by atoms with Gasteiger partial charge in [0.2, 0.25) is 0 Å². The maximum atomic E-state index is 11.2. The summed E-state index contributed by atoms with van der Waals surface area (Å²) < 4.78 is 0. The molecule has 0 aromatic carbocycles. The van der Waals surface area contributed by atoms with Crippen molar-refractivity contribution in [3.63, 3.8) is 0 Å². The quantitative estimate of drug-likeness (QED) is 0.736. The Morgan fingerprint density at radius 3 is 3.15 bits per heavy atom. The number of carbonyl (C=O) groups excluding carboxylic acids is 1. The van der Waals surface area contributed by atoms with Crippen LogP contribution in [-0.4, -0.2) is 22.9 Å². The highest BCUT2D eigenvalue weighted by atomic mass is 32.1. The van der Waals surface area contributed by atoms with Crippen molar-refractivity contribution in [1.82, 2.24) is 15.3 Å². The first-order valence-electron chi connectivity index (χ1n) is 3.73. The summed E-state index contributed by atoms with van der Waals surface area (Å²) in [7, 11) is 1.61. The minimum absolute atomic E-state index is 0.0806. The van der Waals surface area contributed by atoms with Crippen molar-refractivity contribution >= 4 is 27.5 Å². The van der Waals surface area contributed by atoms with E-state index in [0.29, 0.717) is 4.88 Å². The van der Waals surface area contributed by atoms with Crippen molar-refractivity contribution in [3.8, 4) is 0 Å². The normalized spacial score (nSPS) is 10.2. The van der Waals surface area contributed by atoms with Crippen LogP contribution in [0.4, 0.5) is 0 Å². The number of rotatable bonds is 1. The number of carbonyl (C=O) groups is 1. The van der Waals surface area contributed by atoms with E-state index in [4.69, 9.17) is 0 Å². The van der Waals surface area contributed by atoms with Crippen molar-refractivity contribution in [2.24, 2.45) is 0 Å². The molecule has 0 saturated heterocycles. The zero-order valence-electron chi connectivity index (χ0n) is 6.94. The van der Waals surface area contributed by atoms with E-state index in [2.05, 4.69) is 15.3 Å². The van der Waals surface area contributed by atoms with E-state index in [-0.39, 0.29) is 5.91 Å². The Bertz CT molecular complexity index is 418. The number of amides is 1. The highest BCUT2D eigenvalue weighted by molar-refractivity contribution is 7.20. The topological polar surface area (TPSA) is 54.9 Å². The third kappa shape index (κ3) is 1.38. The van der Waals surface area contributed by atoms with E-state index in [1.54, 1.807) is 19.3 Å². The molecule has 1 N–H and O–H groups in total. The zero-order chi connectivity index (χ0) is 9.26. The summed E-state index contributed by atoms with van der Waals surface area (Å²) in [5.41, 5.74) is 0. The van der Waals surface area contributed by atoms with Gasteiger partial charge in [0.1, 0.15) is 11.2 Å². The molecule has 13 heavy (non-hydrogen) atoms. The highest BCUT2D eigenvalue weighted by Crippen LogP contribution is 2.21. The molecule has 0 bridgehead atoms. The van der Waals surface area contributed by atoms with Gasteiger partial charge in [-0.3, -0.25) is 4.79 Å². The number of nitrogens with one attached hydrogen (secondary N) is 1. The molecule has 0 fully saturated rings. The van der Waals surface area contributed by atoms with Crippen LogP contribution in [0.1, 0.15) is 9.67 Å². The maximum Gasteiger partial charge on any atom is 0.261 e. The molecular weight excluding hydrogens is 186 g/mol. The summed E-state index contributed by atoms with van der Waals surface area (Å²) in [6.07, 6.45) is 3.18. The number of nitrogens with zero attached hydrogens (tertiary/aromatic N) is 2. The lowest BCUT2D eigenvalue weighted by Crippen LogP contribution is -2.15. The van der Waals surface area contributed by atoms with E-state index in [1.807, 2.05) is 0 Å². The molecule has 1 amide bonds. The van der Waals surface area contributed by atoms with Crippen LogP contribution in [-0.2, 0) is 0 Å². The van der Waals surface area contributed by atoms with Crippen LogP contribution < -0.4 is 5.32 Å². The first-order chi connectivity index (χ1) is 6.31. The molecule has 2 heterocycles. The van der Waals surface area contributed by atoms with Crippen molar-refractivity contribution in [2.75, 3.05) is 7.05 Å². The molecule has 0 aliphatic rings. The Balaban J connectivity index is 2.56. The van der Waals surface area contributed by atoms with E-state index >= 15 is 0 Å². The Morgan fingerprint density at radius 1 is 1.62 bits per heavy atom. The molecule has 2 aromatic heterocycles. The number of thiophene rings is 1. The average Bonchev–Trinajstić information content (AvgIpc) is 2.59. The first-order valence-corrected chi connectivity index (χ1v) is 4.54. The van der Waals surface area contributed by atoms with E-state index in [0.717, 1.165) is 10.2 Å². The fourth-order valence-corrected chi connectivity index (χ4v) is 1.94. The third-order valence-corrected chi connectivity index (χ3v) is 2.70. The van der Waals surface area contributed by atoms with Gasteiger partial charge in [0.25, 0.3) is 5.91 Å². The predicted molar refractivity (Wildman–Crippen MR) is 50.8 cm³/mol. The van der Waals surface area contributed by atoms with E-state index in [9.17, 15) is 4.79 Å². The van der Waals surface area contributed by atoms with Crippen molar-refractivity contribution in [2.45, 2.75) is 0 Å². The van der Waals surface area contributed by atoms with Gasteiger partial charge in [0.05, 0.1) is 4.88 Å². The predicted octanol–water partition coefficient (Wildman–Crippen LogP) is 1.05. The van der Waals surface area contributed by atoms with Crippen molar-refractivity contribution in [3.05, 3.63) is 23.5 Å². The average molecular weight is 193 g/mol. The van der Waals surface area contributed by atoms with Gasteiger partial charge in [-0.1, -0.05) is 0 Å². The van der Waals surface area contributed by atoms with Crippen LogP contribution >= 0.6 is 11.3 Å². The maximum absolute atomic E-state index is 11.2. The van der Waals surface area contributed by atoms with E-state index in [1.165, 1.54) is 17.7 Å². The number of aromatic nitrogens is 2. The summed E-state index contributed by atoms with van der Waals surface area (Å²) in [6.45, 7) is 0. The smallest absolute Gasteiger partial charge is 0.261 e. The Hall–Kier alpha value is -1.49. The van der Waals surface area contributed by atoms with Gasteiger partial charge in [-0.15, -0.1) is 11.3 Å². The third-order valence-electron chi connectivity index (χ3n) is 1.65. The lowest BCUT2D eigenvalue weighted by Gasteiger charge is -1.90. The summed E-state index contributed by atoms with van der Waals surface area (Å²) in [6, 6.07) is 1.79. The SMILES string of the molecule is CNC(=O)c1cc2cncnc2s1. The zero-order valence-corrected chi connectivity index (χ0v) is 7.76. The molecule has 2 aromatic rings. The Labute approximate surface area is 78.6 Å². The second kappa shape index (κ2) is 3.10. The second-order valence-corrected chi connectivity index (χ2v) is 3.50. The van der Waals surface area contributed by atoms with Gasteiger partial charge in [-0.25, -0.2) is 9.97 Å². The van der Waals surface area contributed by atoms with Crippen LogP contribution in [0.5, 0.6) is 0 Å². The number of hydrogen-bond acceptors (Lipinski definition) is 4. The molecule has 0 spiro atoms. The van der Waals surface area contributed by atoms with Gasteiger partial charge in [0, 0.05) is 18.6 Å². The van der Waals surface area contributed by atoms with E-state index < -0.39 is 0 Å². The van der Waals surface area contributed by atoms with Gasteiger partial charge in [-0.2, -0.15) is 0 Å². The minimum Gasteiger partial charge on any atom is -0.354 e. The molecule has 0 saturated carbocycles. The largest absolute Gasteiger partial charge is 0.354 e. The van der Waals surface area contributed by atoms with Crippen LogP contribution in [0.25, 0.3) is 10.2 Å². The molecule has 5 heteroatoms. The summed E-state index contributed by atoms with van der Waals surface area (Å²) in [5, 5.41) is 3.47. The number of hydrogen-bond donors (Lipinski definition) is 1. The van der Waals surface area contributed by atoms with Gasteiger partial charge >= 0.3 is 0 Å². The molecule has 4 nitrogen and oxygen atoms in total. The van der Waals surface area contributed by atoms with Crippen molar-refractivity contribution in [1.29, 1.82) is 0 Å². The fourth-order valence-electron chi connectivity index (χ4n) is 1.02. The fraction of sp³-hybridized carbons (Fsp3) is 0.125. The monoisotopic (exact) mass is 193 g/mol. The molecule has 0 aliphatic carbocycles. The molecule has 2 rings (SSSR count). The van der Waals surface area contributed by atoms with Crippen LogP contribution in [0.3, 0.4) is 0 Å². The summed E-state index contributed by atoms with van der Waals surface area (Å²) in [5.74, 6) is -0.0806. The summed E-state index contributed by atoms with van der Waals surface area (Å²) >= 11 is 1.37. The lowest BCUT2D eigenvalue weighted by molar-refractivity contribution is 0.0967. The Kier molecular flexibility index (Phi) is 1.94. The molecule has 0 unspecified atom stereocenters. The first kappa shape index (κ1) is 8.12. The molecule has 0 aliphatic heterocycles. The van der Waals surface area contributed by atoms with Gasteiger partial charge < -0.3 is 5.32 Å². The minimum atomic E-state index is -0.0806. The molecular formula is C8H7N3OS. The van der Waals surface area contributed by atoms with Crippen LogP contribution in [0.15, 0.2) is 18.6 Å². The Morgan fingerprint density at radius 2 is 2.46 bits per heavy atom.